The van der Waals surface area contributed by atoms with Crippen LogP contribution in [0.5, 0.6) is 11.5 Å². The molecule has 8 heteroatoms. The van der Waals surface area contributed by atoms with E-state index in [0.29, 0.717) is 60.3 Å². The zero-order chi connectivity index (χ0) is 26.0. The van der Waals surface area contributed by atoms with E-state index >= 15 is 0 Å². The summed E-state index contributed by atoms with van der Waals surface area (Å²) in [5.74, 6) is 1.60. The molecule has 0 saturated heterocycles. The second-order valence-electron chi connectivity index (χ2n) is 9.69. The smallest absolute Gasteiger partial charge is 0.290 e. The highest BCUT2D eigenvalue weighted by Gasteiger charge is 2.42. The Morgan fingerprint density at radius 1 is 1.08 bits per heavy atom. The number of benzene rings is 2. The van der Waals surface area contributed by atoms with Gasteiger partial charge in [-0.25, -0.2) is 0 Å². The fraction of sp³-hybridized carbons (Fsp3) is 0.429. The summed E-state index contributed by atoms with van der Waals surface area (Å²) in [7, 11) is 3.91. The van der Waals surface area contributed by atoms with Crippen molar-refractivity contribution in [1.29, 1.82) is 0 Å². The van der Waals surface area contributed by atoms with Crippen LogP contribution in [0.3, 0.4) is 0 Å². The topological polar surface area (TPSA) is 72.2 Å². The molecule has 4 rings (SSSR count). The molecule has 7 nitrogen and oxygen atoms in total. The first-order chi connectivity index (χ1) is 17.2. The summed E-state index contributed by atoms with van der Waals surface area (Å²) in [6, 6.07) is 10.3. The Labute approximate surface area is 220 Å². The van der Waals surface area contributed by atoms with Gasteiger partial charge in [-0.05, 0) is 69.3 Å². The van der Waals surface area contributed by atoms with Crippen molar-refractivity contribution in [3.05, 3.63) is 68.0 Å². The molecular weight excluding hydrogens is 524 g/mol. The van der Waals surface area contributed by atoms with Crippen molar-refractivity contribution in [1.82, 2.24) is 9.80 Å². The van der Waals surface area contributed by atoms with Crippen LogP contribution in [-0.2, 0) is 0 Å². The summed E-state index contributed by atoms with van der Waals surface area (Å²) in [5, 5.41) is 0.439. The number of fused-ring (bicyclic) bond motifs is 2. The third-order valence-electron chi connectivity index (χ3n) is 6.25. The van der Waals surface area contributed by atoms with E-state index in [1.165, 1.54) is 0 Å². The number of nitrogens with zero attached hydrogens (tertiary/aromatic N) is 2. The van der Waals surface area contributed by atoms with Crippen molar-refractivity contribution in [3.63, 3.8) is 0 Å². The van der Waals surface area contributed by atoms with E-state index in [0.717, 1.165) is 16.5 Å². The van der Waals surface area contributed by atoms with Crippen molar-refractivity contribution < 1.29 is 18.7 Å². The van der Waals surface area contributed by atoms with Crippen molar-refractivity contribution >= 4 is 32.8 Å². The largest absolute Gasteiger partial charge is 0.490 e. The molecule has 36 heavy (non-hydrogen) atoms. The summed E-state index contributed by atoms with van der Waals surface area (Å²) < 4.78 is 18.7. The predicted molar refractivity (Wildman–Crippen MR) is 144 cm³/mol. The van der Waals surface area contributed by atoms with Crippen molar-refractivity contribution in [2.24, 2.45) is 5.92 Å². The summed E-state index contributed by atoms with van der Waals surface area (Å²) in [4.78, 5) is 31.0. The van der Waals surface area contributed by atoms with Gasteiger partial charge in [0.1, 0.15) is 5.58 Å². The highest BCUT2D eigenvalue weighted by Crippen LogP contribution is 2.41. The molecule has 0 spiro atoms. The molecule has 1 aliphatic heterocycles. The number of amides is 1. The number of hydrogen-bond donors (Lipinski definition) is 0. The van der Waals surface area contributed by atoms with E-state index in [-0.39, 0.29) is 17.1 Å². The van der Waals surface area contributed by atoms with Gasteiger partial charge in [0, 0.05) is 17.6 Å². The minimum absolute atomic E-state index is 0.105. The van der Waals surface area contributed by atoms with Gasteiger partial charge >= 0.3 is 0 Å². The summed E-state index contributed by atoms with van der Waals surface area (Å²) in [6.07, 6.45) is 0.930. The van der Waals surface area contributed by atoms with Crippen LogP contribution in [0.2, 0.25) is 0 Å². The molecule has 0 bridgehead atoms. The third-order valence-corrected chi connectivity index (χ3v) is 6.75. The van der Waals surface area contributed by atoms with Gasteiger partial charge in [0.25, 0.3) is 5.91 Å². The first-order valence-corrected chi connectivity index (χ1v) is 13.1. The number of likely N-dealkylation sites (N-methyl/N-ethyl adjacent to an activating group) is 1. The van der Waals surface area contributed by atoms with Crippen LogP contribution in [-0.4, -0.2) is 56.1 Å². The molecule has 192 valence electrons. The quantitative estimate of drug-likeness (QED) is 0.329. The first-order valence-electron chi connectivity index (χ1n) is 12.3. The van der Waals surface area contributed by atoms with E-state index in [2.05, 4.69) is 29.8 Å². The van der Waals surface area contributed by atoms with Gasteiger partial charge in [0.05, 0.1) is 30.2 Å². The van der Waals surface area contributed by atoms with E-state index in [4.69, 9.17) is 13.9 Å². The van der Waals surface area contributed by atoms with Crippen LogP contribution >= 0.6 is 15.9 Å². The van der Waals surface area contributed by atoms with Crippen molar-refractivity contribution in [3.8, 4) is 11.5 Å². The summed E-state index contributed by atoms with van der Waals surface area (Å²) in [6.45, 7) is 8.36. The standard InChI is InChI=1S/C28H33BrN2O5/c1-6-34-23-15-18(7-9-22(23)35-14-11-17(2)3)25-24-26(32)20-16-19(29)8-10-21(20)36-27(24)28(33)31(25)13-12-30(4)5/h7-10,15-17,25H,6,11-14H2,1-5H3. The Bertz CT molecular complexity index is 1320. The zero-order valence-corrected chi connectivity index (χ0v) is 23.1. The number of ether oxygens (including phenoxy) is 2. The highest BCUT2D eigenvalue weighted by atomic mass is 79.9. The first kappa shape index (κ1) is 26.2. The maximum absolute atomic E-state index is 13.7. The SMILES string of the molecule is CCOc1cc(C2c3c(oc4ccc(Br)cc4c3=O)C(=O)N2CCN(C)C)ccc1OCCC(C)C. The Balaban J connectivity index is 1.83. The molecule has 0 fully saturated rings. The van der Waals surface area contributed by atoms with Gasteiger partial charge in [-0.1, -0.05) is 35.8 Å². The fourth-order valence-corrected chi connectivity index (χ4v) is 4.73. The van der Waals surface area contributed by atoms with Gasteiger partial charge in [-0.3, -0.25) is 9.59 Å². The monoisotopic (exact) mass is 556 g/mol. The number of carbonyl (C=O) groups is 1. The highest BCUT2D eigenvalue weighted by molar-refractivity contribution is 9.10. The fourth-order valence-electron chi connectivity index (χ4n) is 4.36. The van der Waals surface area contributed by atoms with E-state index < -0.39 is 6.04 Å². The van der Waals surface area contributed by atoms with Crippen LogP contribution in [0.15, 0.2) is 50.1 Å². The van der Waals surface area contributed by atoms with Gasteiger partial charge in [-0.15, -0.1) is 0 Å². The molecule has 1 unspecified atom stereocenters. The van der Waals surface area contributed by atoms with Crippen LogP contribution in [0.25, 0.3) is 11.0 Å². The number of rotatable bonds is 10. The van der Waals surface area contributed by atoms with Gasteiger partial charge < -0.3 is 23.7 Å². The van der Waals surface area contributed by atoms with Gasteiger partial charge in [0.15, 0.2) is 16.9 Å². The van der Waals surface area contributed by atoms with Gasteiger partial charge in [0.2, 0.25) is 5.76 Å². The Kier molecular flexibility index (Phi) is 8.05. The van der Waals surface area contributed by atoms with E-state index in [9.17, 15) is 9.59 Å². The second kappa shape index (κ2) is 11.0. The van der Waals surface area contributed by atoms with Crippen molar-refractivity contribution in [2.45, 2.75) is 33.2 Å². The number of carbonyl (C=O) groups excluding carboxylic acids is 1. The normalized spacial score (nSPS) is 15.3. The molecule has 1 aliphatic rings. The lowest BCUT2D eigenvalue weighted by atomic mass is 9.98. The van der Waals surface area contributed by atoms with Gasteiger partial charge in [-0.2, -0.15) is 0 Å². The molecule has 3 aromatic rings. The molecule has 0 saturated carbocycles. The number of hydrogen-bond acceptors (Lipinski definition) is 6. The molecule has 2 aromatic carbocycles. The predicted octanol–water partition coefficient (Wildman–Crippen LogP) is 5.49. The van der Waals surface area contributed by atoms with Crippen LogP contribution in [0.1, 0.15) is 54.9 Å². The molecule has 1 aromatic heterocycles. The second-order valence-corrected chi connectivity index (χ2v) is 10.6. The molecule has 0 aliphatic carbocycles. The van der Waals surface area contributed by atoms with Crippen LogP contribution < -0.4 is 14.9 Å². The Hall–Kier alpha value is -2.84. The average Bonchev–Trinajstić information content (AvgIpc) is 3.11. The molecule has 1 atom stereocenters. The Morgan fingerprint density at radius 2 is 1.86 bits per heavy atom. The molecule has 1 amide bonds. The lowest BCUT2D eigenvalue weighted by molar-refractivity contribution is 0.0716. The maximum Gasteiger partial charge on any atom is 0.290 e. The minimum atomic E-state index is -0.587. The average molecular weight is 557 g/mol. The minimum Gasteiger partial charge on any atom is -0.490 e. The summed E-state index contributed by atoms with van der Waals surface area (Å²) >= 11 is 3.44. The van der Waals surface area contributed by atoms with Crippen LogP contribution in [0.4, 0.5) is 0 Å². The Morgan fingerprint density at radius 3 is 2.56 bits per heavy atom. The third kappa shape index (κ3) is 5.30. The van der Waals surface area contributed by atoms with Crippen LogP contribution in [0, 0.1) is 5.92 Å². The number of halogens is 1. The lowest BCUT2D eigenvalue weighted by Gasteiger charge is -2.27. The lowest BCUT2D eigenvalue weighted by Crippen LogP contribution is -2.35. The van der Waals surface area contributed by atoms with E-state index in [1.807, 2.05) is 44.1 Å². The molecule has 0 radical (unpaired) electrons. The van der Waals surface area contributed by atoms with E-state index in [1.54, 1.807) is 23.1 Å². The molecule has 0 N–H and O–H groups in total. The molecule has 2 heterocycles. The maximum atomic E-state index is 13.7. The van der Waals surface area contributed by atoms with Crippen molar-refractivity contribution in [2.75, 3.05) is 40.4 Å². The summed E-state index contributed by atoms with van der Waals surface area (Å²) in [5.41, 5.74) is 1.34. The zero-order valence-electron chi connectivity index (χ0n) is 21.5. The molecular formula is C28H33BrN2O5.